The monoisotopic (exact) mass is 784 g/mol. The maximum Gasteiger partial charge on any atom is 0.0640 e. The Bertz CT molecular complexity index is 3080. The van der Waals surface area contributed by atoms with Crippen molar-refractivity contribution in [3.05, 3.63) is 192 Å². The highest BCUT2D eigenvalue weighted by atomic mass is 32.1. The molecule has 2 aromatic heterocycles. The van der Waals surface area contributed by atoms with Crippen LogP contribution in [0.5, 0.6) is 0 Å². The molecule has 4 atom stereocenters. The fraction of sp³-hybridized carbons (Fsp3) is 0.185. The van der Waals surface area contributed by atoms with E-state index >= 15 is 0 Å². The van der Waals surface area contributed by atoms with E-state index in [1.807, 2.05) is 22.7 Å². The van der Waals surface area contributed by atoms with Gasteiger partial charge in [0, 0.05) is 71.0 Å². The summed E-state index contributed by atoms with van der Waals surface area (Å²) in [6.45, 7) is 4.85. The van der Waals surface area contributed by atoms with Crippen molar-refractivity contribution in [3.63, 3.8) is 0 Å². The summed E-state index contributed by atoms with van der Waals surface area (Å²) in [7, 11) is 0. The molecular formula is C54H44N2S2. The predicted octanol–water partition coefficient (Wildman–Crippen LogP) is 15.2. The van der Waals surface area contributed by atoms with Crippen LogP contribution >= 0.6 is 22.7 Å². The highest BCUT2D eigenvalue weighted by molar-refractivity contribution is 7.26. The van der Waals surface area contributed by atoms with Gasteiger partial charge in [0.15, 0.2) is 0 Å². The summed E-state index contributed by atoms with van der Waals surface area (Å²) in [6.07, 6.45) is 19.3. The van der Waals surface area contributed by atoms with Crippen LogP contribution in [0.15, 0.2) is 170 Å². The average molecular weight is 785 g/mol. The summed E-state index contributed by atoms with van der Waals surface area (Å²) in [5, 5.41) is 5.38. The van der Waals surface area contributed by atoms with Gasteiger partial charge in [-0.2, -0.15) is 0 Å². The Morgan fingerprint density at radius 2 is 1.36 bits per heavy atom. The Morgan fingerprint density at radius 1 is 0.690 bits per heavy atom. The molecule has 4 heteroatoms. The average Bonchev–Trinajstić information content (AvgIpc) is 3.84. The molecule has 0 fully saturated rings. The van der Waals surface area contributed by atoms with E-state index in [1.54, 1.807) is 5.56 Å². The number of fused-ring (bicyclic) bond motifs is 6. The molecule has 0 saturated heterocycles. The molecule has 6 aromatic carbocycles. The van der Waals surface area contributed by atoms with Gasteiger partial charge in [0.05, 0.1) is 20.8 Å². The first-order valence-corrected chi connectivity index (χ1v) is 22.6. The van der Waals surface area contributed by atoms with E-state index in [9.17, 15) is 0 Å². The van der Waals surface area contributed by atoms with E-state index in [1.165, 1.54) is 85.5 Å². The van der Waals surface area contributed by atoms with E-state index < -0.39 is 0 Å². The number of para-hydroxylation sites is 1. The minimum absolute atomic E-state index is 0.0800. The number of benzene rings is 6. The third-order valence-electron chi connectivity index (χ3n) is 13.4. The number of aryl methyl sites for hydroxylation is 1. The number of hydrogen-bond donors (Lipinski definition) is 0. The summed E-state index contributed by atoms with van der Waals surface area (Å²) < 4.78 is 5.41. The quantitative estimate of drug-likeness (QED) is 0.155. The van der Waals surface area contributed by atoms with Crippen molar-refractivity contribution in [2.45, 2.75) is 56.9 Å². The van der Waals surface area contributed by atoms with Gasteiger partial charge in [0.2, 0.25) is 0 Å². The Morgan fingerprint density at radius 3 is 2.10 bits per heavy atom. The molecule has 8 aromatic rings. The van der Waals surface area contributed by atoms with Gasteiger partial charge in [-0.1, -0.05) is 135 Å². The fourth-order valence-electron chi connectivity index (χ4n) is 10.8. The van der Waals surface area contributed by atoms with Gasteiger partial charge in [-0.3, -0.25) is 0 Å². The summed E-state index contributed by atoms with van der Waals surface area (Å²) in [6, 6.07) is 48.0. The van der Waals surface area contributed by atoms with Gasteiger partial charge >= 0.3 is 0 Å². The second-order valence-corrected chi connectivity index (χ2v) is 19.1. The van der Waals surface area contributed by atoms with Crippen LogP contribution in [0.1, 0.15) is 61.3 Å². The van der Waals surface area contributed by atoms with E-state index in [4.69, 9.17) is 0 Å². The molecular weight excluding hydrogens is 741 g/mol. The first kappa shape index (κ1) is 34.4. The number of allylic oxidation sites excluding steroid dienone is 5. The third-order valence-corrected chi connectivity index (χ3v) is 15.8. The number of hydrogen-bond acceptors (Lipinski definition) is 4. The molecule has 4 unspecified atom stereocenters. The minimum Gasteiger partial charge on any atom is -0.337 e. The molecule has 0 amide bonds. The third kappa shape index (κ3) is 5.14. The van der Waals surface area contributed by atoms with Crippen molar-refractivity contribution in [1.82, 2.24) is 0 Å². The molecule has 58 heavy (non-hydrogen) atoms. The first-order valence-electron chi connectivity index (χ1n) is 20.9. The van der Waals surface area contributed by atoms with Gasteiger partial charge in [0.25, 0.3) is 0 Å². The van der Waals surface area contributed by atoms with Gasteiger partial charge in [-0.15, -0.1) is 22.7 Å². The maximum absolute atomic E-state index is 2.77. The van der Waals surface area contributed by atoms with Crippen LogP contribution in [-0.2, 0) is 11.8 Å². The Kier molecular flexibility index (Phi) is 7.81. The molecule has 4 aliphatic rings. The molecule has 0 spiro atoms. The van der Waals surface area contributed by atoms with Crippen LogP contribution in [0.25, 0.3) is 46.0 Å². The summed E-state index contributed by atoms with van der Waals surface area (Å²) in [4.78, 5) is 5.33. The van der Waals surface area contributed by atoms with Crippen LogP contribution in [0.2, 0.25) is 0 Å². The molecule has 0 bridgehead atoms. The molecule has 4 aliphatic carbocycles. The van der Waals surface area contributed by atoms with Gasteiger partial charge in [-0.25, -0.2) is 0 Å². The smallest absolute Gasteiger partial charge is 0.0640 e. The molecule has 2 heterocycles. The molecule has 0 radical (unpaired) electrons. The second-order valence-electron chi connectivity index (χ2n) is 17.0. The van der Waals surface area contributed by atoms with Crippen molar-refractivity contribution in [2.24, 2.45) is 5.92 Å². The van der Waals surface area contributed by atoms with Gasteiger partial charge in [-0.05, 0) is 90.8 Å². The highest BCUT2D eigenvalue weighted by Gasteiger charge is 2.45. The van der Waals surface area contributed by atoms with Crippen molar-refractivity contribution < 1.29 is 0 Å². The molecule has 282 valence electrons. The summed E-state index contributed by atoms with van der Waals surface area (Å²) in [5.41, 5.74) is 12.3. The Labute approximate surface area is 348 Å². The zero-order chi connectivity index (χ0) is 38.5. The predicted molar refractivity (Wildman–Crippen MR) is 251 cm³/mol. The Balaban J connectivity index is 1.05. The van der Waals surface area contributed by atoms with Crippen LogP contribution in [0.4, 0.5) is 17.1 Å². The Hall–Kier alpha value is -5.68. The lowest BCUT2D eigenvalue weighted by Gasteiger charge is -2.49. The van der Waals surface area contributed by atoms with Crippen LogP contribution in [-0.4, -0.2) is 6.04 Å². The summed E-state index contributed by atoms with van der Waals surface area (Å²) in [5.74, 6) is 0.762. The van der Waals surface area contributed by atoms with Crippen molar-refractivity contribution in [1.29, 1.82) is 0 Å². The van der Waals surface area contributed by atoms with Crippen molar-refractivity contribution in [3.8, 4) is 0 Å². The van der Waals surface area contributed by atoms with Crippen LogP contribution < -0.4 is 9.80 Å². The topological polar surface area (TPSA) is 6.48 Å². The van der Waals surface area contributed by atoms with E-state index in [0.29, 0.717) is 5.92 Å². The lowest BCUT2D eigenvalue weighted by atomic mass is 9.61. The van der Waals surface area contributed by atoms with Gasteiger partial charge < -0.3 is 9.80 Å². The minimum atomic E-state index is -0.0800. The number of rotatable bonds is 6. The fourth-order valence-corrected chi connectivity index (χ4v) is 13.2. The molecule has 0 aliphatic heterocycles. The summed E-state index contributed by atoms with van der Waals surface area (Å²) >= 11 is 3.86. The van der Waals surface area contributed by atoms with Gasteiger partial charge in [0.1, 0.15) is 0 Å². The highest BCUT2D eigenvalue weighted by Crippen LogP contribution is 2.56. The number of thiophene rings is 2. The lowest BCUT2D eigenvalue weighted by Crippen LogP contribution is -2.44. The van der Waals surface area contributed by atoms with E-state index in [-0.39, 0.29) is 17.4 Å². The standard InChI is InChI=1S/C54H44N2S2/c1-34-13-10-16-37(33-34)56(47-22-12-20-41-39-18-7-9-24-49(39)58-53(41)47)44-28-26-35-25-27-43-45(30-32-54(2)31-29-42(44)50(35)51(43)54)55(36-14-4-3-5-15-36)46-21-11-19-40-38-17-6-8-23-48(38)57-52(40)46/h3-12,14-25,27,29-31,33-34,42,44H,13,26,28,32H2,1-2H3. The zero-order valence-corrected chi connectivity index (χ0v) is 34.5. The maximum atomic E-state index is 2.77. The van der Waals surface area contributed by atoms with Crippen molar-refractivity contribution in [2.75, 3.05) is 9.80 Å². The van der Waals surface area contributed by atoms with E-state index in [0.717, 1.165) is 25.7 Å². The van der Waals surface area contributed by atoms with Crippen LogP contribution in [0, 0.1) is 5.92 Å². The SMILES string of the molecule is CC1C=C(N(c2cccc3c2sc2ccccc23)C2CCc3ccc4c5c3C2C=CC5(C)CC=C4N(c2ccccc2)c2cccc3c2sc2ccccc23)C=CC1. The molecule has 2 nitrogen and oxygen atoms in total. The largest absolute Gasteiger partial charge is 0.337 e. The van der Waals surface area contributed by atoms with Crippen LogP contribution in [0.3, 0.4) is 0 Å². The van der Waals surface area contributed by atoms with E-state index in [2.05, 4.69) is 187 Å². The molecule has 12 rings (SSSR count). The second kappa shape index (κ2) is 13.2. The lowest BCUT2D eigenvalue weighted by molar-refractivity contribution is 0.471. The first-order chi connectivity index (χ1) is 28.5. The molecule has 0 N–H and O–H groups in total. The zero-order valence-electron chi connectivity index (χ0n) is 32.9. The van der Waals surface area contributed by atoms with Crippen molar-refractivity contribution >= 4 is 85.8 Å². The number of anilines is 3. The molecule has 0 saturated carbocycles. The number of nitrogens with zero attached hydrogens (tertiary/aromatic N) is 2. The normalized spacial score (nSPS) is 22.0.